The normalized spacial score (nSPS) is 12.2. The van der Waals surface area contributed by atoms with Gasteiger partial charge in [0.2, 0.25) is 5.95 Å². The summed E-state index contributed by atoms with van der Waals surface area (Å²) in [5.41, 5.74) is 8.61. The zero-order chi connectivity index (χ0) is 13.9. The largest absolute Gasteiger partial charge is 0.399 e. The lowest BCUT2D eigenvalue weighted by molar-refractivity contribution is 0.864. The van der Waals surface area contributed by atoms with E-state index < -0.39 is 0 Å². The van der Waals surface area contributed by atoms with Gasteiger partial charge in [-0.05, 0) is 30.7 Å². The Bertz CT molecular complexity index is 739. The van der Waals surface area contributed by atoms with Crippen molar-refractivity contribution in [2.24, 2.45) is 0 Å². The van der Waals surface area contributed by atoms with Gasteiger partial charge in [0.25, 0.3) is 0 Å². The SMILES string of the molecule is CC(Nc1ncc2ccccc2n1)c1cccc(N)c1. The van der Waals surface area contributed by atoms with Crippen LogP contribution in [0, 0.1) is 0 Å². The predicted octanol–water partition coefficient (Wildman–Crippen LogP) is 3.39. The van der Waals surface area contributed by atoms with Gasteiger partial charge in [0.1, 0.15) is 0 Å². The highest BCUT2D eigenvalue weighted by Gasteiger charge is 2.07. The summed E-state index contributed by atoms with van der Waals surface area (Å²) in [5, 5.41) is 4.34. The number of benzene rings is 2. The van der Waals surface area contributed by atoms with Gasteiger partial charge in [-0.3, -0.25) is 0 Å². The zero-order valence-electron chi connectivity index (χ0n) is 11.2. The molecule has 0 amide bonds. The number of para-hydroxylation sites is 1. The smallest absolute Gasteiger partial charge is 0.223 e. The molecule has 0 fully saturated rings. The van der Waals surface area contributed by atoms with E-state index in [-0.39, 0.29) is 6.04 Å². The van der Waals surface area contributed by atoms with E-state index in [0.29, 0.717) is 5.95 Å². The third-order valence-corrected chi connectivity index (χ3v) is 3.25. The fourth-order valence-corrected chi connectivity index (χ4v) is 2.15. The lowest BCUT2D eigenvalue weighted by Gasteiger charge is -2.14. The lowest BCUT2D eigenvalue weighted by atomic mass is 10.1. The van der Waals surface area contributed by atoms with Crippen LogP contribution in [0.4, 0.5) is 11.6 Å². The first-order valence-corrected chi connectivity index (χ1v) is 6.56. The van der Waals surface area contributed by atoms with E-state index in [1.54, 1.807) is 0 Å². The number of hydrogen-bond acceptors (Lipinski definition) is 4. The number of nitrogens with two attached hydrogens (primary N) is 1. The second-order valence-electron chi connectivity index (χ2n) is 4.79. The highest BCUT2D eigenvalue weighted by molar-refractivity contribution is 5.78. The Labute approximate surface area is 117 Å². The molecule has 4 heteroatoms. The topological polar surface area (TPSA) is 63.8 Å². The molecular weight excluding hydrogens is 248 g/mol. The lowest BCUT2D eigenvalue weighted by Crippen LogP contribution is -2.09. The molecule has 0 radical (unpaired) electrons. The second kappa shape index (κ2) is 5.17. The third-order valence-electron chi connectivity index (χ3n) is 3.25. The molecule has 0 saturated carbocycles. The minimum Gasteiger partial charge on any atom is -0.399 e. The fraction of sp³-hybridized carbons (Fsp3) is 0.125. The maximum absolute atomic E-state index is 5.81. The second-order valence-corrected chi connectivity index (χ2v) is 4.79. The highest BCUT2D eigenvalue weighted by atomic mass is 15.1. The summed E-state index contributed by atoms with van der Waals surface area (Å²) >= 11 is 0. The van der Waals surface area contributed by atoms with Crippen LogP contribution in [0.15, 0.2) is 54.7 Å². The monoisotopic (exact) mass is 264 g/mol. The Balaban J connectivity index is 1.85. The van der Waals surface area contributed by atoms with Crippen molar-refractivity contribution in [3.8, 4) is 0 Å². The van der Waals surface area contributed by atoms with Crippen LogP contribution >= 0.6 is 0 Å². The van der Waals surface area contributed by atoms with E-state index in [9.17, 15) is 0 Å². The average Bonchev–Trinajstić information content (AvgIpc) is 2.47. The van der Waals surface area contributed by atoms with Crippen molar-refractivity contribution in [1.82, 2.24) is 9.97 Å². The number of anilines is 2. The van der Waals surface area contributed by atoms with Gasteiger partial charge in [0.05, 0.1) is 11.6 Å². The molecule has 1 aromatic heterocycles. The third kappa shape index (κ3) is 2.54. The van der Waals surface area contributed by atoms with Crippen LogP contribution in [-0.2, 0) is 0 Å². The Morgan fingerprint density at radius 3 is 2.80 bits per heavy atom. The zero-order valence-corrected chi connectivity index (χ0v) is 11.2. The van der Waals surface area contributed by atoms with Gasteiger partial charge in [-0.1, -0.05) is 30.3 Å². The van der Waals surface area contributed by atoms with E-state index in [2.05, 4.69) is 22.2 Å². The Morgan fingerprint density at radius 1 is 1.10 bits per heavy atom. The standard InChI is InChI=1S/C16H16N4/c1-11(12-6-4-7-14(17)9-12)19-16-18-10-13-5-2-3-8-15(13)20-16/h2-11H,17H2,1H3,(H,18,19,20). The first-order chi connectivity index (χ1) is 9.72. The molecule has 4 nitrogen and oxygen atoms in total. The number of aromatic nitrogens is 2. The molecule has 20 heavy (non-hydrogen) atoms. The minimum absolute atomic E-state index is 0.0969. The Hall–Kier alpha value is -2.62. The molecule has 3 rings (SSSR count). The van der Waals surface area contributed by atoms with Gasteiger partial charge in [-0.15, -0.1) is 0 Å². The number of nitrogens with one attached hydrogen (secondary N) is 1. The van der Waals surface area contributed by atoms with Gasteiger partial charge in [0, 0.05) is 17.3 Å². The molecule has 1 unspecified atom stereocenters. The van der Waals surface area contributed by atoms with E-state index in [1.165, 1.54) is 0 Å². The summed E-state index contributed by atoms with van der Waals surface area (Å²) in [5.74, 6) is 0.624. The molecule has 0 spiro atoms. The van der Waals surface area contributed by atoms with Crippen molar-refractivity contribution in [1.29, 1.82) is 0 Å². The van der Waals surface area contributed by atoms with Crippen LogP contribution in [0.5, 0.6) is 0 Å². The molecule has 0 aliphatic rings. The Morgan fingerprint density at radius 2 is 1.95 bits per heavy atom. The minimum atomic E-state index is 0.0969. The van der Waals surface area contributed by atoms with E-state index >= 15 is 0 Å². The molecule has 0 aliphatic carbocycles. The van der Waals surface area contributed by atoms with Crippen LogP contribution in [0.1, 0.15) is 18.5 Å². The number of hydrogen-bond donors (Lipinski definition) is 2. The molecule has 0 bridgehead atoms. The Kier molecular flexibility index (Phi) is 3.21. The average molecular weight is 264 g/mol. The van der Waals surface area contributed by atoms with Gasteiger partial charge in [-0.2, -0.15) is 0 Å². The van der Waals surface area contributed by atoms with Crippen LogP contribution in [0.25, 0.3) is 10.9 Å². The van der Waals surface area contributed by atoms with Crippen LogP contribution in [-0.4, -0.2) is 9.97 Å². The van der Waals surface area contributed by atoms with Crippen LogP contribution < -0.4 is 11.1 Å². The van der Waals surface area contributed by atoms with Crippen molar-refractivity contribution in [2.45, 2.75) is 13.0 Å². The number of fused-ring (bicyclic) bond motifs is 1. The van der Waals surface area contributed by atoms with E-state index in [4.69, 9.17) is 5.73 Å². The van der Waals surface area contributed by atoms with Crippen LogP contribution in [0.2, 0.25) is 0 Å². The molecule has 3 N–H and O–H groups in total. The van der Waals surface area contributed by atoms with E-state index in [1.807, 2.05) is 54.7 Å². The van der Waals surface area contributed by atoms with Gasteiger partial charge in [0.15, 0.2) is 0 Å². The summed E-state index contributed by atoms with van der Waals surface area (Å²) in [4.78, 5) is 8.85. The van der Waals surface area contributed by atoms with Gasteiger partial charge >= 0.3 is 0 Å². The van der Waals surface area contributed by atoms with Crippen molar-refractivity contribution in [3.05, 3.63) is 60.3 Å². The van der Waals surface area contributed by atoms with Crippen LogP contribution in [0.3, 0.4) is 0 Å². The summed E-state index contributed by atoms with van der Waals surface area (Å²) in [6.07, 6.45) is 1.83. The predicted molar refractivity (Wildman–Crippen MR) is 82.4 cm³/mol. The summed E-state index contributed by atoms with van der Waals surface area (Å²) in [7, 11) is 0. The molecule has 0 aliphatic heterocycles. The molecule has 0 saturated heterocycles. The number of rotatable bonds is 3. The summed E-state index contributed by atoms with van der Waals surface area (Å²) in [6.45, 7) is 2.06. The number of nitrogens with zero attached hydrogens (tertiary/aromatic N) is 2. The van der Waals surface area contributed by atoms with E-state index in [0.717, 1.165) is 22.2 Å². The molecule has 1 heterocycles. The molecule has 2 aromatic carbocycles. The quantitative estimate of drug-likeness (QED) is 0.712. The first-order valence-electron chi connectivity index (χ1n) is 6.56. The van der Waals surface area contributed by atoms with Crippen molar-refractivity contribution < 1.29 is 0 Å². The molecule has 3 aromatic rings. The summed E-state index contributed by atoms with van der Waals surface area (Å²) in [6, 6.07) is 15.8. The molecule has 100 valence electrons. The number of nitrogen functional groups attached to an aromatic ring is 1. The van der Waals surface area contributed by atoms with Crippen molar-refractivity contribution >= 4 is 22.5 Å². The highest BCUT2D eigenvalue weighted by Crippen LogP contribution is 2.20. The maximum Gasteiger partial charge on any atom is 0.223 e. The first kappa shape index (κ1) is 12.4. The fourth-order valence-electron chi connectivity index (χ4n) is 2.15. The van der Waals surface area contributed by atoms with Crippen molar-refractivity contribution in [3.63, 3.8) is 0 Å². The van der Waals surface area contributed by atoms with Gasteiger partial charge in [-0.25, -0.2) is 9.97 Å². The van der Waals surface area contributed by atoms with Crippen molar-refractivity contribution in [2.75, 3.05) is 11.1 Å². The molecular formula is C16H16N4. The maximum atomic E-state index is 5.81. The van der Waals surface area contributed by atoms with Gasteiger partial charge < -0.3 is 11.1 Å². The summed E-state index contributed by atoms with van der Waals surface area (Å²) < 4.78 is 0. The molecule has 1 atom stereocenters.